The zero-order chi connectivity index (χ0) is 58.9. The van der Waals surface area contributed by atoms with Crippen molar-refractivity contribution in [3.05, 3.63) is 158 Å². The Morgan fingerprint density at radius 3 is 1.30 bits per heavy atom. The molecule has 0 bridgehead atoms. The SMILES string of the molecule is CC/C=C\C/C=C\C/C=C\C/C=C\C/C=C\C/C=C\CCC(=O)OCC(COC1OC(C(=O)O)C(O)C(O)C1OC(=O)C/C=C\C/C=C\C/C=C\C/C=C\C/C=C\CC)OC(=O)CCCCCCCCC/C=C\C/C=C\CCCCC. The zero-order valence-corrected chi connectivity index (χ0v) is 49.7. The van der Waals surface area contributed by atoms with Crippen LogP contribution >= 0.6 is 0 Å². The van der Waals surface area contributed by atoms with E-state index >= 15 is 0 Å². The van der Waals surface area contributed by atoms with Crippen molar-refractivity contribution < 1.29 is 58.2 Å². The van der Waals surface area contributed by atoms with E-state index in [4.69, 9.17) is 23.7 Å². The van der Waals surface area contributed by atoms with Gasteiger partial charge in [0.25, 0.3) is 0 Å². The summed E-state index contributed by atoms with van der Waals surface area (Å²) in [5.74, 6) is -3.43. The van der Waals surface area contributed by atoms with Crippen molar-refractivity contribution in [2.45, 2.75) is 237 Å². The monoisotopic (exact) mass is 1120 g/mol. The van der Waals surface area contributed by atoms with E-state index < -0.39 is 67.3 Å². The number of carboxylic acids is 1. The first-order valence-electron chi connectivity index (χ1n) is 30.5. The molecule has 0 amide bonds. The highest BCUT2D eigenvalue weighted by Gasteiger charge is 2.50. The number of ether oxygens (including phenoxy) is 5. The van der Waals surface area contributed by atoms with Crippen LogP contribution in [-0.4, -0.2) is 89.2 Å². The number of carboxylic acid groups (broad SMARTS) is 1. The molecule has 12 nitrogen and oxygen atoms in total. The molecule has 6 unspecified atom stereocenters. The molecule has 3 N–H and O–H groups in total. The summed E-state index contributed by atoms with van der Waals surface area (Å²) in [6.07, 6.45) is 68.2. The maximum absolute atomic E-state index is 13.2. The molecule has 0 saturated carbocycles. The fourth-order valence-electron chi connectivity index (χ4n) is 8.03. The molecule has 1 heterocycles. The first kappa shape index (κ1) is 73.4. The summed E-state index contributed by atoms with van der Waals surface area (Å²) in [6.45, 7) is 5.61. The lowest BCUT2D eigenvalue weighted by atomic mass is 9.98. The molecule has 81 heavy (non-hydrogen) atoms. The van der Waals surface area contributed by atoms with Crippen LogP contribution in [0, 0.1) is 0 Å². The van der Waals surface area contributed by atoms with E-state index in [9.17, 15) is 34.5 Å². The van der Waals surface area contributed by atoms with E-state index in [1.165, 1.54) is 19.3 Å². The summed E-state index contributed by atoms with van der Waals surface area (Å²) in [7, 11) is 0. The van der Waals surface area contributed by atoms with Crippen molar-refractivity contribution in [1.29, 1.82) is 0 Å². The smallest absolute Gasteiger partial charge is 0.335 e. The van der Waals surface area contributed by atoms with E-state index in [1.54, 1.807) is 12.2 Å². The van der Waals surface area contributed by atoms with Crippen molar-refractivity contribution in [2.24, 2.45) is 0 Å². The van der Waals surface area contributed by atoms with Crippen molar-refractivity contribution in [3.63, 3.8) is 0 Å². The van der Waals surface area contributed by atoms with Crippen LogP contribution in [0.15, 0.2) is 158 Å². The minimum Gasteiger partial charge on any atom is -0.479 e. The van der Waals surface area contributed by atoms with Gasteiger partial charge < -0.3 is 39.0 Å². The van der Waals surface area contributed by atoms with Crippen LogP contribution < -0.4 is 0 Å². The van der Waals surface area contributed by atoms with Crippen LogP contribution in [0.1, 0.15) is 201 Å². The van der Waals surface area contributed by atoms with Crippen LogP contribution in [0.2, 0.25) is 0 Å². The van der Waals surface area contributed by atoms with Crippen molar-refractivity contribution in [1.82, 2.24) is 0 Å². The third-order valence-electron chi connectivity index (χ3n) is 12.6. The Morgan fingerprint density at radius 1 is 0.432 bits per heavy atom. The molecule has 0 aromatic heterocycles. The highest BCUT2D eigenvalue weighted by atomic mass is 16.7. The predicted molar refractivity (Wildman–Crippen MR) is 330 cm³/mol. The molecule has 0 aromatic carbocycles. The summed E-state index contributed by atoms with van der Waals surface area (Å²) in [4.78, 5) is 51.1. The summed E-state index contributed by atoms with van der Waals surface area (Å²) < 4.78 is 28.2. The van der Waals surface area contributed by atoms with Gasteiger partial charge in [0.2, 0.25) is 0 Å². The number of carbonyl (C=O) groups excluding carboxylic acids is 3. The van der Waals surface area contributed by atoms with E-state index in [2.05, 4.69) is 142 Å². The van der Waals surface area contributed by atoms with E-state index in [1.807, 2.05) is 24.3 Å². The molecule has 1 rings (SSSR count). The lowest BCUT2D eigenvalue weighted by molar-refractivity contribution is -0.301. The molecule has 0 aliphatic carbocycles. The maximum atomic E-state index is 13.2. The Balaban J connectivity index is 2.80. The second-order valence-electron chi connectivity index (χ2n) is 19.9. The lowest BCUT2D eigenvalue weighted by Crippen LogP contribution is -2.61. The molecule has 12 heteroatoms. The number of aliphatic hydroxyl groups is 2. The Morgan fingerprint density at radius 2 is 0.840 bits per heavy atom. The molecular weight excluding hydrogens is 1020 g/mol. The molecule has 1 saturated heterocycles. The number of esters is 3. The van der Waals surface area contributed by atoms with Gasteiger partial charge in [-0.3, -0.25) is 14.4 Å². The van der Waals surface area contributed by atoms with Crippen LogP contribution in [0.25, 0.3) is 0 Å². The highest BCUT2D eigenvalue weighted by molar-refractivity contribution is 5.74. The zero-order valence-electron chi connectivity index (χ0n) is 49.7. The van der Waals surface area contributed by atoms with Crippen LogP contribution in [-0.2, 0) is 42.9 Å². The first-order valence-corrected chi connectivity index (χ1v) is 30.5. The molecule has 1 fully saturated rings. The summed E-state index contributed by atoms with van der Waals surface area (Å²) >= 11 is 0. The quantitative estimate of drug-likeness (QED) is 0.0228. The van der Waals surface area contributed by atoms with Gasteiger partial charge in [-0.15, -0.1) is 0 Å². The average Bonchev–Trinajstić information content (AvgIpc) is 3.53. The molecular formula is C69H104O12. The normalized spacial score (nSPS) is 18.9. The van der Waals surface area contributed by atoms with Crippen LogP contribution in [0.3, 0.4) is 0 Å². The topological polar surface area (TPSA) is 175 Å². The third-order valence-corrected chi connectivity index (χ3v) is 12.6. The summed E-state index contributed by atoms with van der Waals surface area (Å²) in [5.41, 5.74) is 0. The Bertz CT molecular complexity index is 2010. The van der Waals surface area contributed by atoms with Gasteiger partial charge in [0.15, 0.2) is 24.6 Å². The largest absolute Gasteiger partial charge is 0.479 e. The van der Waals surface area contributed by atoms with Gasteiger partial charge in [-0.1, -0.05) is 224 Å². The highest BCUT2D eigenvalue weighted by Crippen LogP contribution is 2.26. The lowest BCUT2D eigenvalue weighted by Gasteiger charge is -2.40. The number of hydrogen-bond donors (Lipinski definition) is 3. The van der Waals surface area contributed by atoms with Crippen LogP contribution in [0.4, 0.5) is 0 Å². The number of rotatable bonds is 49. The third kappa shape index (κ3) is 44.7. The number of unbranched alkanes of at least 4 members (excludes halogenated alkanes) is 10. The van der Waals surface area contributed by atoms with Gasteiger partial charge in [-0.05, 0) is 116 Å². The first-order chi connectivity index (χ1) is 39.6. The molecule has 0 spiro atoms. The van der Waals surface area contributed by atoms with Gasteiger partial charge in [-0.2, -0.15) is 0 Å². The number of carbonyl (C=O) groups is 4. The van der Waals surface area contributed by atoms with Crippen molar-refractivity contribution in [2.75, 3.05) is 13.2 Å². The summed E-state index contributed by atoms with van der Waals surface area (Å²) in [6, 6.07) is 0. The Labute approximate surface area is 488 Å². The molecule has 0 aromatic rings. The van der Waals surface area contributed by atoms with Gasteiger partial charge >= 0.3 is 23.9 Å². The second kappa shape index (κ2) is 54.9. The average molecular weight is 1130 g/mol. The van der Waals surface area contributed by atoms with Gasteiger partial charge in [0.1, 0.15) is 18.8 Å². The molecule has 452 valence electrons. The van der Waals surface area contributed by atoms with Gasteiger partial charge in [0, 0.05) is 12.8 Å². The molecule has 6 atom stereocenters. The fraction of sp³-hybridized carbons (Fsp3) is 0.565. The summed E-state index contributed by atoms with van der Waals surface area (Å²) in [5, 5.41) is 31.5. The predicted octanol–water partition coefficient (Wildman–Crippen LogP) is 16.1. The Hall–Kier alpha value is -5.66. The van der Waals surface area contributed by atoms with E-state index in [0.717, 1.165) is 116 Å². The molecule has 1 aliphatic rings. The number of aliphatic carboxylic acids is 1. The number of allylic oxidation sites excluding steroid dienone is 25. The second-order valence-corrected chi connectivity index (χ2v) is 19.9. The maximum Gasteiger partial charge on any atom is 0.335 e. The van der Waals surface area contributed by atoms with E-state index in [0.29, 0.717) is 25.7 Å². The number of aliphatic hydroxyl groups excluding tert-OH is 2. The molecule has 0 radical (unpaired) electrons. The molecule has 1 aliphatic heterocycles. The Kier molecular flexibility index (Phi) is 49.7. The standard InChI is InChI=1S/C69H104O12/c1-4-7-10-13-16-19-22-25-28-30-31-33-35-37-40-43-46-49-52-55-61(70)77-58-60(79-62(71)56-53-50-47-44-41-39-36-32-29-26-23-20-17-14-11-8-5-2)59-78-69-67(65(74)64(73)66(81-69)68(75)76)80-63(72)57-54-51-48-45-42-38-34-27-24-21-18-15-12-9-6-3/h7,9-10,12,16-21,25-29,31,33-34,37,40,42,45-46,49,51,54,60,64-67,69,73-74H,4-6,8,11,13-15,22-24,30,32,35-36,38-39,41,43-44,47-48,50,52-53,55-59H2,1-3H3,(H,75,76)/b10-7-,12-9-,19-16-,20-17-,21-18-,28-25-,29-26-,33-31-,34-27-,40-37-,45-42-,49-46-,54-51-. The van der Waals surface area contributed by atoms with E-state index in [-0.39, 0.29) is 25.9 Å². The number of hydrogen-bond acceptors (Lipinski definition) is 11. The van der Waals surface area contributed by atoms with Crippen LogP contribution in [0.5, 0.6) is 0 Å². The minimum atomic E-state index is -1.95. The minimum absolute atomic E-state index is 0.0727. The van der Waals surface area contributed by atoms with Crippen molar-refractivity contribution in [3.8, 4) is 0 Å². The fourth-order valence-corrected chi connectivity index (χ4v) is 8.03. The van der Waals surface area contributed by atoms with Gasteiger partial charge in [-0.25, -0.2) is 4.79 Å². The van der Waals surface area contributed by atoms with Crippen molar-refractivity contribution >= 4 is 23.9 Å². The van der Waals surface area contributed by atoms with Gasteiger partial charge in [0.05, 0.1) is 13.0 Å².